The van der Waals surface area contributed by atoms with Crippen molar-refractivity contribution in [2.24, 2.45) is 0 Å². The van der Waals surface area contributed by atoms with Gasteiger partial charge in [-0.2, -0.15) is 0 Å². The highest BCUT2D eigenvalue weighted by molar-refractivity contribution is 9.08. The molecule has 4 heteroatoms. The van der Waals surface area contributed by atoms with Gasteiger partial charge in [0.15, 0.2) is 0 Å². The summed E-state index contributed by atoms with van der Waals surface area (Å²) in [6.45, 7) is 8.34. The quantitative estimate of drug-likeness (QED) is 0.603. The second kappa shape index (κ2) is 5.11. The molecule has 0 bridgehead atoms. The van der Waals surface area contributed by atoms with Gasteiger partial charge < -0.3 is 9.31 Å². The van der Waals surface area contributed by atoms with Gasteiger partial charge in [-0.05, 0) is 49.5 Å². The van der Waals surface area contributed by atoms with Crippen LogP contribution in [-0.4, -0.2) is 18.3 Å². The number of alkyl halides is 1. The Labute approximate surface area is 135 Å². The molecule has 2 nitrogen and oxygen atoms in total. The lowest BCUT2D eigenvalue weighted by Crippen LogP contribution is -2.41. The van der Waals surface area contributed by atoms with Crippen LogP contribution in [0.4, 0.5) is 0 Å². The Morgan fingerprint density at radius 3 is 2.05 bits per heavy atom. The van der Waals surface area contributed by atoms with Crippen LogP contribution in [0.3, 0.4) is 0 Å². The van der Waals surface area contributed by atoms with Crippen molar-refractivity contribution in [1.29, 1.82) is 0 Å². The molecule has 0 atom stereocenters. The highest BCUT2D eigenvalue weighted by Crippen LogP contribution is 2.37. The fraction of sp³-hybridized carbons (Fsp3) is 0.412. The molecule has 110 valence electrons. The number of rotatable bonds is 2. The summed E-state index contributed by atoms with van der Waals surface area (Å²) in [5.41, 5.74) is 1.76. The van der Waals surface area contributed by atoms with Crippen LogP contribution in [0.5, 0.6) is 0 Å². The van der Waals surface area contributed by atoms with Gasteiger partial charge in [-0.3, -0.25) is 0 Å². The molecular formula is C17H20BBrO2. The van der Waals surface area contributed by atoms with Crippen molar-refractivity contribution in [2.45, 2.75) is 44.2 Å². The third kappa shape index (κ3) is 2.43. The predicted octanol–water partition coefficient (Wildman–Crippen LogP) is 4.03. The zero-order chi connectivity index (χ0) is 15.3. The Kier molecular flexibility index (Phi) is 3.67. The van der Waals surface area contributed by atoms with E-state index in [9.17, 15) is 0 Å². The van der Waals surface area contributed by atoms with Crippen LogP contribution in [0.15, 0.2) is 36.4 Å². The van der Waals surface area contributed by atoms with Crippen LogP contribution < -0.4 is 5.46 Å². The van der Waals surface area contributed by atoms with E-state index in [1.807, 2.05) is 0 Å². The molecule has 0 aromatic heterocycles. The molecule has 0 aliphatic carbocycles. The van der Waals surface area contributed by atoms with Crippen molar-refractivity contribution >= 4 is 39.3 Å². The van der Waals surface area contributed by atoms with Crippen LogP contribution in [0, 0.1) is 0 Å². The molecule has 3 rings (SSSR count). The molecule has 0 amide bonds. The summed E-state index contributed by atoms with van der Waals surface area (Å²) < 4.78 is 12.4. The number of halogens is 1. The molecule has 0 saturated carbocycles. The lowest BCUT2D eigenvalue weighted by atomic mass is 9.75. The number of hydrogen-bond donors (Lipinski definition) is 0. The van der Waals surface area contributed by atoms with Gasteiger partial charge in [-0.15, -0.1) is 0 Å². The Bertz CT molecular complexity index is 666. The molecule has 21 heavy (non-hydrogen) atoms. The highest BCUT2D eigenvalue weighted by Gasteiger charge is 2.52. The fourth-order valence-corrected chi connectivity index (χ4v) is 3.17. The minimum absolute atomic E-state index is 0.313. The summed E-state index contributed by atoms with van der Waals surface area (Å²) in [6, 6.07) is 12.7. The van der Waals surface area contributed by atoms with Crippen molar-refractivity contribution in [2.75, 3.05) is 0 Å². The van der Waals surface area contributed by atoms with Gasteiger partial charge in [0.25, 0.3) is 0 Å². The van der Waals surface area contributed by atoms with E-state index in [1.165, 1.54) is 16.3 Å². The molecule has 1 aliphatic heterocycles. The SMILES string of the molecule is CC1(C)OB(c2ccc(CBr)c3ccccc23)OC1(C)C. The van der Waals surface area contributed by atoms with E-state index in [-0.39, 0.29) is 18.3 Å². The van der Waals surface area contributed by atoms with Crippen LogP contribution >= 0.6 is 15.9 Å². The molecular weight excluding hydrogens is 327 g/mol. The average Bonchev–Trinajstić information content (AvgIpc) is 2.66. The Balaban J connectivity index is 2.11. The van der Waals surface area contributed by atoms with E-state index in [2.05, 4.69) is 80.0 Å². The maximum absolute atomic E-state index is 6.20. The van der Waals surface area contributed by atoms with Gasteiger partial charge in [-0.25, -0.2) is 0 Å². The van der Waals surface area contributed by atoms with Crippen LogP contribution in [0.1, 0.15) is 33.3 Å². The van der Waals surface area contributed by atoms with Crippen molar-refractivity contribution in [3.05, 3.63) is 42.0 Å². The zero-order valence-electron chi connectivity index (χ0n) is 12.9. The molecule has 0 unspecified atom stereocenters. The molecule has 0 radical (unpaired) electrons. The predicted molar refractivity (Wildman–Crippen MR) is 92.3 cm³/mol. The largest absolute Gasteiger partial charge is 0.495 e. The first-order valence-corrected chi connectivity index (χ1v) is 8.40. The van der Waals surface area contributed by atoms with Gasteiger partial charge in [0.1, 0.15) is 0 Å². The van der Waals surface area contributed by atoms with Gasteiger partial charge in [0.2, 0.25) is 0 Å². The van der Waals surface area contributed by atoms with Gasteiger partial charge in [0, 0.05) is 5.33 Å². The summed E-state index contributed by atoms with van der Waals surface area (Å²) in [7, 11) is -0.315. The number of hydrogen-bond acceptors (Lipinski definition) is 2. The summed E-state index contributed by atoms with van der Waals surface area (Å²) in [6.07, 6.45) is 0. The number of fused-ring (bicyclic) bond motifs is 1. The maximum atomic E-state index is 6.20. The van der Waals surface area contributed by atoms with Gasteiger partial charge >= 0.3 is 7.12 Å². The molecule has 2 aromatic rings. The Morgan fingerprint density at radius 2 is 1.48 bits per heavy atom. The maximum Gasteiger partial charge on any atom is 0.495 e. The molecule has 1 saturated heterocycles. The van der Waals surface area contributed by atoms with Crippen molar-refractivity contribution in [1.82, 2.24) is 0 Å². The van der Waals surface area contributed by atoms with E-state index < -0.39 is 0 Å². The molecule has 0 spiro atoms. The number of benzene rings is 2. The third-order valence-electron chi connectivity index (χ3n) is 4.70. The van der Waals surface area contributed by atoms with E-state index >= 15 is 0 Å². The van der Waals surface area contributed by atoms with E-state index in [0.717, 1.165) is 10.8 Å². The summed E-state index contributed by atoms with van der Waals surface area (Å²) in [4.78, 5) is 0. The van der Waals surface area contributed by atoms with Crippen LogP contribution in [0.25, 0.3) is 10.8 Å². The monoisotopic (exact) mass is 346 g/mol. The first kappa shape index (κ1) is 15.1. The van der Waals surface area contributed by atoms with E-state index in [4.69, 9.17) is 9.31 Å². The molecule has 2 aromatic carbocycles. The molecule has 0 N–H and O–H groups in total. The van der Waals surface area contributed by atoms with Gasteiger partial charge in [0.05, 0.1) is 11.2 Å². The zero-order valence-corrected chi connectivity index (χ0v) is 14.5. The van der Waals surface area contributed by atoms with Crippen molar-refractivity contribution < 1.29 is 9.31 Å². The van der Waals surface area contributed by atoms with E-state index in [0.29, 0.717) is 0 Å². The first-order chi connectivity index (χ1) is 9.86. The second-order valence-corrected chi connectivity index (χ2v) is 7.14. The standard InChI is InChI=1S/C17H20BBrO2/c1-16(2)17(3,4)21-18(20-16)15-10-9-12(11-19)13-7-5-6-8-14(13)15/h5-10H,11H2,1-4H3. The normalized spacial score (nSPS) is 20.1. The summed E-state index contributed by atoms with van der Waals surface area (Å²) in [5.74, 6) is 0. The van der Waals surface area contributed by atoms with Crippen LogP contribution in [-0.2, 0) is 14.6 Å². The molecule has 1 heterocycles. The van der Waals surface area contributed by atoms with Crippen molar-refractivity contribution in [3.63, 3.8) is 0 Å². The second-order valence-electron chi connectivity index (χ2n) is 6.58. The molecule has 1 aliphatic rings. The molecule has 1 fully saturated rings. The van der Waals surface area contributed by atoms with Gasteiger partial charge in [-0.1, -0.05) is 52.3 Å². The van der Waals surface area contributed by atoms with Crippen molar-refractivity contribution in [3.8, 4) is 0 Å². The smallest absolute Gasteiger partial charge is 0.399 e. The highest BCUT2D eigenvalue weighted by atomic mass is 79.9. The lowest BCUT2D eigenvalue weighted by Gasteiger charge is -2.32. The third-order valence-corrected chi connectivity index (χ3v) is 5.30. The average molecular weight is 347 g/mol. The van der Waals surface area contributed by atoms with Crippen LogP contribution in [0.2, 0.25) is 0 Å². The lowest BCUT2D eigenvalue weighted by molar-refractivity contribution is 0.00578. The minimum Gasteiger partial charge on any atom is -0.399 e. The van der Waals surface area contributed by atoms with E-state index in [1.54, 1.807) is 0 Å². The first-order valence-electron chi connectivity index (χ1n) is 7.28. The fourth-order valence-electron chi connectivity index (χ4n) is 2.68. The Morgan fingerprint density at radius 1 is 0.905 bits per heavy atom. The minimum atomic E-state index is -0.315. The summed E-state index contributed by atoms with van der Waals surface area (Å²) in [5, 5.41) is 3.30. The topological polar surface area (TPSA) is 18.5 Å². The summed E-state index contributed by atoms with van der Waals surface area (Å²) >= 11 is 3.56. The Hall–Kier alpha value is -0.835.